The monoisotopic (exact) mass is 366 g/mol. The van der Waals surface area contributed by atoms with Crippen LogP contribution in [0.5, 0.6) is 5.75 Å². The zero-order valence-electron chi connectivity index (χ0n) is 15.2. The molecule has 5 rings (SSSR count). The minimum absolute atomic E-state index is 0.314. The first-order valence-electron chi connectivity index (χ1n) is 9.32. The molecule has 1 saturated carbocycles. The second-order valence-corrected chi connectivity index (χ2v) is 7.40. The Labute approximate surface area is 156 Å². The number of anilines is 1. The molecule has 3 N–H and O–H groups in total. The Hall–Kier alpha value is -3.03. The predicted molar refractivity (Wildman–Crippen MR) is 101 cm³/mol. The zero-order chi connectivity index (χ0) is 18.5. The van der Waals surface area contributed by atoms with Gasteiger partial charge in [0, 0.05) is 31.5 Å². The molecule has 0 radical (unpaired) electrons. The highest BCUT2D eigenvalue weighted by molar-refractivity contribution is 5.91. The fraction of sp³-hybridized carbons (Fsp3) is 0.421. The summed E-state index contributed by atoms with van der Waals surface area (Å²) < 4.78 is 9.97. The van der Waals surface area contributed by atoms with Crippen molar-refractivity contribution < 1.29 is 9.53 Å². The second-order valence-electron chi connectivity index (χ2n) is 7.40. The van der Waals surface area contributed by atoms with Crippen LogP contribution in [0, 0.1) is 5.92 Å². The Kier molecular flexibility index (Phi) is 3.60. The summed E-state index contributed by atoms with van der Waals surface area (Å²) in [6.45, 7) is 1.49. The molecule has 140 valence electrons. The Balaban J connectivity index is 1.61. The molecule has 27 heavy (non-hydrogen) atoms. The van der Waals surface area contributed by atoms with Crippen molar-refractivity contribution in [2.45, 2.75) is 31.8 Å². The maximum Gasteiger partial charge on any atom is 0.240 e. The van der Waals surface area contributed by atoms with Crippen molar-refractivity contribution in [1.82, 2.24) is 19.3 Å². The van der Waals surface area contributed by atoms with Crippen molar-refractivity contribution in [3.63, 3.8) is 0 Å². The van der Waals surface area contributed by atoms with E-state index in [9.17, 15) is 4.79 Å². The van der Waals surface area contributed by atoms with E-state index in [1.807, 2.05) is 31.6 Å². The van der Waals surface area contributed by atoms with Crippen LogP contribution in [0.15, 0.2) is 24.5 Å². The molecule has 0 spiro atoms. The van der Waals surface area contributed by atoms with Gasteiger partial charge in [-0.25, -0.2) is 4.98 Å². The van der Waals surface area contributed by atoms with Crippen LogP contribution in [0.3, 0.4) is 0 Å². The van der Waals surface area contributed by atoms with Gasteiger partial charge in [-0.3, -0.25) is 9.48 Å². The summed E-state index contributed by atoms with van der Waals surface area (Å²) in [6.07, 6.45) is 6.76. The van der Waals surface area contributed by atoms with E-state index >= 15 is 0 Å². The van der Waals surface area contributed by atoms with Crippen LogP contribution >= 0.6 is 0 Å². The van der Waals surface area contributed by atoms with Gasteiger partial charge >= 0.3 is 0 Å². The minimum atomic E-state index is -0.347. The second kappa shape index (κ2) is 6.00. The molecular weight excluding hydrogens is 344 g/mol. The Bertz CT molecular complexity index is 1030. The van der Waals surface area contributed by atoms with E-state index in [1.54, 1.807) is 4.68 Å². The van der Waals surface area contributed by atoms with Gasteiger partial charge in [-0.15, -0.1) is 0 Å². The summed E-state index contributed by atoms with van der Waals surface area (Å²) in [5.41, 5.74) is 9.21. The lowest BCUT2D eigenvalue weighted by molar-refractivity contribution is -0.119. The zero-order valence-corrected chi connectivity index (χ0v) is 15.2. The Morgan fingerprint density at radius 1 is 1.41 bits per heavy atom. The van der Waals surface area contributed by atoms with E-state index in [4.69, 9.17) is 15.5 Å². The molecule has 1 amide bonds. The third kappa shape index (κ3) is 2.81. The van der Waals surface area contributed by atoms with Gasteiger partial charge in [0.2, 0.25) is 5.91 Å². The number of nitrogens with zero attached hydrogens (tertiary/aromatic N) is 4. The van der Waals surface area contributed by atoms with Crippen LogP contribution in [0.4, 0.5) is 5.69 Å². The molecule has 1 aliphatic heterocycles. The van der Waals surface area contributed by atoms with E-state index in [0.29, 0.717) is 12.5 Å². The topological polar surface area (TPSA) is 100.0 Å². The fourth-order valence-corrected chi connectivity index (χ4v) is 3.83. The summed E-state index contributed by atoms with van der Waals surface area (Å²) in [5, 5.41) is 7.58. The van der Waals surface area contributed by atoms with E-state index in [2.05, 4.69) is 15.0 Å². The molecule has 0 unspecified atom stereocenters. The van der Waals surface area contributed by atoms with E-state index < -0.39 is 0 Å². The first-order valence-corrected chi connectivity index (χ1v) is 9.32. The number of hydrogen-bond acceptors (Lipinski definition) is 5. The highest BCUT2D eigenvalue weighted by Gasteiger charge is 2.35. The largest absolute Gasteiger partial charge is 0.491 e. The van der Waals surface area contributed by atoms with Crippen molar-refractivity contribution in [3.05, 3.63) is 24.5 Å². The first-order chi connectivity index (χ1) is 13.1. The number of amides is 1. The molecule has 2 aromatic heterocycles. The van der Waals surface area contributed by atoms with Crippen molar-refractivity contribution in [2.24, 2.45) is 18.7 Å². The lowest BCUT2D eigenvalue weighted by Gasteiger charge is -2.17. The lowest BCUT2D eigenvalue weighted by Crippen LogP contribution is -2.37. The van der Waals surface area contributed by atoms with Crippen LogP contribution in [0.1, 0.15) is 19.3 Å². The molecule has 8 heteroatoms. The number of nitrogens with one attached hydrogen (secondary N) is 1. The van der Waals surface area contributed by atoms with Crippen molar-refractivity contribution in [2.75, 3.05) is 11.9 Å². The van der Waals surface area contributed by atoms with Crippen molar-refractivity contribution >= 4 is 22.6 Å². The predicted octanol–water partition coefficient (Wildman–Crippen LogP) is 1.90. The number of carbonyl (C=O) groups excluding carboxylic acids is 1. The van der Waals surface area contributed by atoms with Crippen LogP contribution in [-0.4, -0.2) is 37.9 Å². The van der Waals surface area contributed by atoms with Gasteiger partial charge in [0.25, 0.3) is 0 Å². The van der Waals surface area contributed by atoms with E-state index in [-0.39, 0.29) is 11.9 Å². The number of aromatic nitrogens is 4. The number of primary amides is 1. The first kappa shape index (κ1) is 16.2. The number of aryl methyl sites for hydroxylation is 2. The third-order valence-corrected chi connectivity index (χ3v) is 5.28. The highest BCUT2D eigenvalue weighted by Crippen LogP contribution is 2.38. The minimum Gasteiger partial charge on any atom is -0.491 e. The number of carbonyl (C=O) groups is 1. The molecule has 3 aromatic rings. The van der Waals surface area contributed by atoms with Gasteiger partial charge in [-0.05, 0) is 31.2 Å². The smallest absolute Gasteiger partial charge is 0.240 e. The molecule has 1 aromatic carbocycles. The van der Waals surface area contributed by atoms with E-state index in [1.165, 1.54) is 0 Å². The number of imidazole rings is 1. The van der Waals surface area contributed by atoms with Crippen LogP contribution in [0.25, 0.3) is 22.4 Å². The van der Waals surface area contributed by atoms with Gasteiger partial charge < -0.3 is 20.4 Å². The average Bonchev–Trinajstić information content (AvgIpc) is 3.33. The molecule has 2 aliphatic rings. The highest BCUT2D eigenvalue weighted by atomic mass is 16.5. The van der Waals surface area contributed by atoms with Gasteiger partial charge in [0.1, 0.15) is 23.1 Å². The molecule has 1 atom stereocenters. The number of nitrogens with two attached hydrogens (primary N) is 1. The molecule has 0 bridgehead atoms. The van der Waals surface area contributed by atoms with Crippen LogP contribution in [-0.2, 0) is 18.4 Å². The Morgan fingerprint density at radius 3 is 2.96 bits per heavy atom. The quantitative estimate of drug-likeness (QED) is 0.718. The van der Waals surface area contributed by atoms with Gasteiger partial charge in [-0.1, -0.05) is 0 Å². The molecule has 3 heterocycles. The van der Waals surface area contributed by atoms with Crippen LogP contribution < -0.4 is 15.8 Å². The number of hydrogen-bond donors (Lipinski definition) is 2. The standard InChI is InChI=1S/C19H22N6O2/c1-24-10-12(9-21-24)19-23-14-7-13(22-16(18(20)26)11-3-4-11)8-15-17(14)25(19)5-2-6-27-15/h7-11,16,22H,2-6H2,1H3,(H2,20,26)/t16-/m0/s1. The maximum absolute atomic E-state index is 11.8. The van der Waals surface area contributed by atoms with Gasteiger partial charge in [-0.2, -0.15) is 5.10 Å². The summed E-state index contributed by atoms with van der Waals surface area (Å²) in [6, 6.07) is 3.58. The van der Waals surface area contributed by atoms with Gasteiger partial charge in [0.15, 0.2) is 0 Å². The SMILES string of the molecule is Cn1cc(-c2nc3cc(N[C@H](C(N)=O)C4CC4)cc4c3n2CCCO4)cn1. The molecular formula is C19H22N6O2. The molecule has 1 aliphatic carbocycles. The summed E-state index contributed by atoms with van der Waals surface area (Å²) in [5.74, 6) is 1.68. The summed E-state index contributed by atoms with van der Waals surface area (Å²) >= 11 is 0. The number of rotatable bonds is 5. The van der Waals surface area contributed by atoms with Crippen molar-refractivity contribution in [3.8, 4) is 17.1 Å². The normalized spacial score (nSPS) is 17.4. The maximum atomic E-state index is 11.8. The molecule has 8 nitrogen and oxygen atoms in total. The summed E-state index contributed by atoms with van der Waals surface area (Å²) in [7, 11) is 1.90. The average molecular weight is 366 g/mol. The lowest BCUT2D eigenvalue weighted by atomic mass is 10.1. The molecule has 1 fully saturated rings. The van der Waals surface area contributed by atoms with E-state index in [0.717, 1.165) is 59.7 Å². The summed E-state index contributed by atoms with van der Waals surface area (Å²) in [4.78, 5) is 16.7. The third-order valence-electron chi connectivity index (χ3n) is 5.28. The number of ether oxygens (including phenoxy) is 1. The van der Waals surface area contributed by atoms with Crippen LogP contribution in [0.2, 0.25) is 0 Å². The number of benzene rings is 1. The Morgan fingerprint density at radius 2 is 2.26 bits per heavy atom. The fourth-order valence-electron chi connectivity index (χ4n) is 3.83. The van der Waals surface area contributed by atoms with Crippen molar-refractivity contribution in [1.29, 1.82) is 0 Å². The molecule has 0 saturated heterocycles. The van der Waals surface area contributed by atoms with Gasteiger partial charge in [0.05, 0.1) is 23.9 Å².